The van der Waals surface area contributed by atoms with E-state index in [2.05, 4.69) is 39.7 Å². The molecule has 0 saturated heterocycles. The van der Waals surface area contributed by atoms with E-state index in [9.17, 15) is 9.18 Å². The molecule has 0 aliphatic rings. The molecule has 2 rings (SSSR count). The van der Waals surface area contributed by atoms with Gasteiger partial charge in [0.1, 0.15) is 16.1 Å². The van der Waals surface area contributed by atoms with Gasteiger partial charge in [0.15, 0.2) is 0 Å². The first kappa shape index (κ1) is 14.9. The predicted molar refractivity (Wildman–Crippen MR) is 80.3 cm³/mol. The third kappa shape index (κ3) is 3.76. The van der Waals surface area contributed by atoms with Gasteiger partial charge in [-0.25, -0.2) is 9.37 Å². The summed E-state index contributed by atoms with van der Waals surface area (Å²) < 4.78 is 13.6. The highest BCUT2D eigenvalue weighted by molar-refractivity contribution is 9.10. The summed E-state index contributed by atoms with van der Waals surface area (Å²) in [7, 11) is 0. The second-order valence-electron chi connectivity index (χ2n) is 5.18. The minimum Gasteiger partial charge on any atom is -0.309 e. The Morgan fingerprint density at radius 2 is 2.15 bits per heavy atom. The predicted octanol–water partition coefficient (Wildman–Crippen LogP) is 3.46. The van der Waals surface area contributed by atoms with Crippen molar-refractivity contribution in [3.63, 3.8) is 0 Å². The van der Waals surface area contributed by atoms with E-state index in [1.54, 1.807) is 6.07 Å². The van der Waals surface area contributed by atoms with Gasteiger partial charge in [-0.15, -0.1) is 0 Å². The van der Waals surface area contributed by atoms with E-state index in [0.29, 0.717) is 22.6 Å². The van der Waals surface area contributed by atoms with Crippen molar-refractivity contribution < 1.29 is 4.39 Å². The molecule has 0 saturated carbocycles. The Kier molecular flexibility index (Phi) is 4.70. The van der Waals surface area contributed by atoms with E-state index in [0.717, 1.165) is 17.7 Å². The van der Waals surface area contributed by atoms with Crippen LogP contribution in [0.4, 0.5) is 4.39 Å². The smallest absolute Gasteiger partial charge is 0.265 e. The molecule has 0 bridgehead atoms. The fourth-order valence-electron chi connectivity index (χ4n) is 2.00. The molecular formula is C15H16BrFN2O. The first-order chi connectivity index (χ1) is 9.45. The Morgan fingerprint density at radius 1 is 1.40 bits per heavy atom. The maximum Gasteiger partial charge on any atom is 0.265 e. The summed E-state index contributed by atoms with van der Waals surface area (Å²) >= 11 is 3.27. The van der Waals surface area contributed by atoms with Crippen LogP contribution in [0.1, 0.15) is 30.9 Å². The second-order valence-corrected chi connectivity index (χ2v) is 5.97. The molecule has 0 aliphatic heterocycles. The molecule has 0 unspecified atom stereocenters. The zero-order valence-electron chi connectivity index (χ0n) is 11.4. The quantitative estimate of drug-likeness (QED) is 0.927. The van der Waals surface area contributed by atoms with E-state index in [-0.39, 0.29) is 11.4 Å². The molecule has 20 heavy (non-hydrogen) atoms. The molecule has 1 heterocycles. The Hall–Kier alpha value is -1.49. The van der Waals surface area contributed by atoms with E-state index in [1.807, 2.05) is 6.07 Å². The number of H-pyrrole nitrogens is 1. The lowest BCUT2D eigenvalue weighted by atomic mass is 10.1. The second kappa shape index (κ2) is 6.31. The number of nitrogens with one attached hydrogen (secondary N) is 1. The van der Waals surface area contributed by atoms with Crippen molar-refractivity contribution in [3.05, 3.63) is 62.0 Å². The summed E-state index contributed by atoms with van der Waals surface area (Å²) in [5.74, 6) is 0.673. The van der Waals surface area contributed by atoms with Gasteiger partial charge in [-0.2, -0.15) is 0 Å². The van der Waals surface area contributed by atoms with Gasteiger partial charge in [0, 0.05) is 6.42 Å². The van der Waals surface area contributed by atoms with Crippen molar-refractivity contribution in [3.8, 4) is 0 Å². The van der Waals surface area contributed by atoms with Crippen LogP contribution in [-0.2, 0) is 12.8 Å². The Bertz CT molecular complexity index is 667. The number of hydrogen-bond donors (Lipinski definition) is 1. The third-order valence-electron chi connectivity index (χ3n) is 2.84. The standard InChI is InChI=1S/C15H16BrFN2O/c1-9(2)6-12-14(16)15(20)19-13(18-12)8-10-4-3-5-11(17)7-10/h3-5,7,9H,6,8H2,1-2H3,(H,18,19,20). The average Bonchev–Trinajstić information content (AvgIpc) is 2.35. The molecule has 2 aromatic rings. The van der Waals surface area contributed by atoms with Crippen molar-refractivity contribution in [2.24, 2.45) is 5.92 Å². The van der Waals surface area contributed by atoms with Crippen molar-refractivity contribution in [1.82, 2.24) is 9.97 Å². The number of halogens is 2. The van der Waals surface area contributed by atoms with Crippen molar-refractivity contribution in [2.75, 3.05) is 0 Å². The lowest BCUT2D eigenvalue weighted by molar-refractivity contribution is 0.623. The number of benzene rings is 1. The number of aromatic amines is 1. The number of hydrogen-bond acceptors (Lipinski definition) is 2. The topological polar surface area (TPSA) is 45.8 Å². The third-order valence-corrected chi connectivity index (χ3v) is 3.66. The molecule has 0 atom stereocenters. The SMILES string of the molecule is CC(C)Cc1nc(Cc2cccc(F)c2)[nH]c(=O)c1Br. The Morgan fingerprint density at radius 3 is 2.80 bits per heavy atom. The fourth-order valence-corrected chi connectivity index (χ4v) is 2.35. The summed E-state index contributed by atoms with van der Waals surface area (Å²) in [6.45, 7) is 4.14. The van der Waals surface area contributed by atoms with Crippen LogP contribution in [0.15, 0.2) is 33.5 Å². The van der Waals surface area contributed by atoms with Crippen molar-refractivity contribution in [2.45, 2.75) is 26.7 Å². The molecule has 1 aromatic heterocycles. The van der Waals surface area contributed by atoms with Crippen molar-refractivity contribution >= 4 is 15.9 Å². The van der Waals surface area contributed by atoms with E-state index < -0.39 is 0 Å². The van der Waals surface area contributed by atoms with E-state index in [1.165, 1.54) is 12.1 Å². The molecule has 3 nitrogen and oxygen atoms in total. The summed E-state index contributed by atoms with van der Waals surface area (Å²) in [6.07, 6.45) is 1.13. The highest BCUT2D eigenvalue weighted by Crippen LogP contribution is 2.15. The largest absolute Gasteiger partial charge is 0.309 e. The van der Waals surface area contributed by atoms with Crippen LogP contribution in [0.25, 0.3) is 0 Å². The van der Waals surface area contributed by atoms with Crippen molar-refractivity contribution in [1.29, 1.82) is 0 Å². The van der Waals surface area contributed by atoms with Crippen LogP contribution in [0.5, 0.6) is 0 Å². The van der Waals surface area contributed by atoms with Gasteiger partial charge in [-0.3, -0.25) is 4.79 Å². The molecule has 0 amide bonds. The Balaban J connectivity index is 2.33. The van der Waals surface area contributed by atoms with Gasteiger partial charge < -0.3 is 4.98 Å². The first-order valence-electron chi connectivity index (χ1n) is 6.47. The number of rotatable bonds is 4. The van der Waals surface area contributed by atoms with E-state index in [4.69, 9.17) is 0 Å². The molecular weight excluding hydrogens is 323 g/mol. The van der Waals surface area contributed by atoms with Gasteiger partial charge in [0.05, 0.1) is 5.69 Å². The van der Waals surface area contributed by atoms with Gasteiger partial charge in [-0.05, 0) is 46.0 Å². The number of nitrogens with zero attached hydrogens (tertiary/aromatic N) is 1. The number of aromatic nitrogens is 2. The van der Waals surface area contributed by atoms with Gasteiger partial charge in [-0.1, -0.05) is 26.0 Å². The van der Waals surface area contributed by atoms with Crippen LogP contribution in [-0.4, -0.2) is 9.97 Å². The average molecular weight is 339 g/mol. The summed E-state index contributed by atoms with van der Waals surface area (Å²) in [4.78, 5) is 19.1. The van der Waals surface area contributed by atoms with Crippen LogP contribution in [0.2, 0.25) is 0 Å². The lowest BCUT2D eigenvalue weighted by Crippen LogP contribution is -2.17. The van der Waals surface area contributed by atoms with Gasteiger partial charge in [0.2, 0.25) is 0 Å². The Labute approximate surface area is 125 Å². The molecule has 0 spiro atoms. The summed E-state index contributed by atoms with van der Waals surface area (Å²) in [5, 5.41) is 0. The molecule has 0 fully saturated rings. The zero-order valence-corrected chi connectivity index (χ0v) is 13.0. The molecule has 1 aromatic carbocycles. The van der Waals surface area contributed by atoms with Crippen LogP contribution < -0.4 is 5.56 Å². The minimum atomic E-state index is -0.288. The fraction of sp³-hybridized carbons (Fsp3) is 0.333. The van der Waals surface area contributed by atoms with Crippen LogP contribution in [0.3, 0.4) is 0 Å². The van der Waals surface area contributed by atoms with Crippen LogP contribution >= 0.6 is 15.9 Å². The first-order valence-corrected chi connectivity index (χ1v) is 7.27. The van der Waals surface area contributed by atoms with Gasteiger partial charge >= 0.3 is 0 Å². The highest BCUT2D eigenvalue weighted by atomic mass is 79.9. The maximum atomic E-state index is 13.2. The normalized spacial score (nSPS) is 11.1. The highest BCUT2D eigenvalue weighted by Gasteiger charge is 2.11. The lowest BCUT2D eigenvalue weighted by Gasteiger charge is -2.09. The summed E-state index contributed by atoms with van der Waals surface area (Å²) in [5.41, 5.74) is 1.34. The molecule has 106 valence electrons. The molecule has 5 heteroatoms. The van der Waals surface area contributed by atoms with Crippen LogP contribution in [0, 0.1) is 11.7 Å². The monoisotopic (exact) mass is 338 g/mol. The molecule has 0 radical (unpaired) electrons. The van der Waals surface area contributed by atoms with Gasteiger partial charge in [0.25, 0.3) is 5.56 Å². The maximum absolute atomic E-state index is 13.2. The minimum absolute atomic E-state index is 0.193. The zero-order chi connectivity index (χ0) is 14.7. The van der Waals surface area contributed by atoms with E-state index >= 15 is 0 Å². The summed E-state index contributed by atoms with van der Waals surface area (Å²) in [6, 6.07) is 6.31. The molecule has 1 N–H and O–H groups in total. The molecule has 0 aliphatic carbocycles.